The van der Waals surface area contributed by atoms with E-state index >= 15 is 0 Å². The van der Waals surface area contributed by atoms with Crippen LogP contribution in [0.25, 0.3) is 0 Å². The van der Waals surface area contributed by atoms with E-state index < -0.39 is 11.2 Å². The van der Waals surface area contributed by atoms with E-state index in [-0.39, 0.29) is 6.04 Å². The van der Waals surface area contributed by atoms with Gasteiger partial charge in [-0.25, -0.2) is 8.51 Å². The topological polar surface area (TPSA) is 45.1 Å². The Morgan fingerprint density at radius 2 is 1.73 bits per heavy atom. The smallest absolute Gasteiger partial charge is 0.248 e. The van der Waals surface area contributed by atoms with E-state index in [1.165, 1.54) is 0 Å². The molecule has 2 atom stereocenters. The summed E-state index contributed by atoms with van der Waals surface area (Å²) in [6.45, 7) is 0.899. The molecule has 1 fully saturated rings. The molecule has 0 bridgehead atoms. The first-order chi connectivity index (χ1) is 10.8. The van der Waals surface area contributed by atoms with Gasteiger partial charge in [-0.05, 0) is 17.7 Å². The lowest BCUT2D eigenvalue weighted by atomic mass is 10.1. The van der Waals surface area contributed by atoms with E-state index in [1.807, 2.05) is 65.0 Å². The lowest BCUT2D eigenvalue weighted by Gasteiger charge is -2.32. The fourth-order valence-corrected chi connectivity index (χ4v) is 3.98. The first-order valence-electron chi connectivity index (χ1n) is 7.11. The van der Waals surface area contributed by atoms with E-state index in [9.17, 15) is 4.21 Å². The van der Waals surface area contributed by atoms with Gasteiger partial charge in [-0.2, -0.15) is 4.41 Å². The van der Waals surface area contributed by atoms with Gasteiger partial charge in [-0.1, -0.05) is 48.5 Å². The van der Waals surface area contributed by atoms with Crippen LogP contribution in [0.3, 0.4) is 0 Å². The highest BCUT2D eigenvalue weighted by Gasteiger charge is 2.40. The number of nitrogens with zero attached hydrogens (tertiary/aromatic N) is 3. The Bertz CT molecular complexity index is 721. The average molecular weight is 313 g/mol. The van der Waals surface area contributed by atoms with Crippen molar-refractivity contribution in [3.05, 3.63) is 66.2 Å². The number of ether oxygens (including phenoxy) is 1. The van der Waals surface area contributed by atoms with Crippen LogP contribution in [0.4, 0.5) is 5.69 Å². The second kappa shape index (κ2) is 5.55. The number of anilines is 1. The molecule has 4 rings (SSSR count). The zero-order valence-corrected chi connectivity index (χ0v) is 12.6. The second-order valence-electron chi connectivity index (χ2n) is 5.12. The zero-order valence-electron chi connectivity index (χ0n) is 11.8. The zero-order chi connectivity index (χ0) is 14.9. The molecule has 6 heteroatoms. The molecule has 1 unspecified atom stereocenters. The van der Waals surface area contributed by atoms with E-state index in [2.05, 4.69) is 5.10 Å². The Morgan fingerprint density at radius 3 is 2.45 bits per heavy atom. The van der Waals surface area contributed by atoms with E-state index in [0.717, 1.165) is 11.3 Å². The number of morpholine rings is 1. The molecule has 0 amide bonds. The highest BCUT2D eigenvalue weighted by Crippen LogP contribution is 2.33. The van der Waals surface area contributed by atoms with Gasteiger partial charge in [-0.3, -0.25) is 0 Å². The van der Waals surface area contributed by atoms with Crippen molar-refractivity contribution in [1.82, 2.24) is 4.31 Å². The number of para-hydroxylation sites is 1. The summed E-state index contributed by atoms with van der Waals surface area (Å²) in [5.41, 5.74) is 1.90. The summed E-state index contributed by atoms with van der Waals surface area (Å²) in [6.07, 6.45) is 0. The van der Waals surface area contributed by atoms with Crippen LogP contribution in [0.15, 0.2) is 65.8 Å². The van der Waals surface area contributed by atoms with Gasteiger partial charge >= 0.3 is 0 Å². The Hall–Kier alpha value is -2.18. The molecule has 2 heterocycles. The number of rotatable bonds is 2. The third kappa shape index (κ3) is 2.20. The predicted molar refractivity (Wildman–Crippen MR) is 86.3 cm³/mol. The normalized spacial score (nSPS) is 24.1. The number of benzene rings is 2. The van der Waals surface area contributed by atoms with Crippen LogP contribution in [0, 0.1) is 0 Å². The van der Waals surface area contributed by atoms with E-state index in [1.54, 1.807) is 4.41 Å². The Kier molecular flexibility index (Phi) is 3.40. The number of hydrogen-bond donors (Lipinski definition) is 0. The van der Waals surface area contributed by atoms with Crippen LogP contribution < -0.4 is 4.41 Å². The first kappa shape index (κ1) is 13.5. The van der Waals surface area contributed by atoms with Crippen LogP contribution in [0.1, 0.15) is 11.6 Å². The van der Waals surface area contributed by atoms with Crippen LogP contribution >= 0.6 is 0 Å². The maximum Gasteiger partial charge on any atom is 0.248 e. The molecule has 2 aliphatic rings. The largest absolute Gasteiger partial charge is 0.371 e. The van der Waals surface area contributed by atoms with Crippen molar-refractivity contribution in [2.24, 2.45) is 5.10 Å². The molecular formula is C16H15N3O2S. The third-order valence-electron chi connectivity index (χ3n) is 3.73. The maximum absolute atomic E-state index is 12.9. The number of amidine groups is 1. The quantitative estimate of drug-likeness (QED) is 0.855. The van der Waals surface area contributed by atoms with Crippen molar-refractivity contribution >= 4 is 22.7 Å². The molecular weight excluding hydrogens is 298 g/mol. The van der Waals surface area contributed by atoms with Crippen molar-refractivity contribution < 1.29 is 8.95 Å². The fourth-order valence-electron chi connectivity index (χ4n) is 2.68. The summed E-state index contributed by atoms with van der Waals surface area (Å²) in [4.78, 5) is 0. The van der Waals surface area contributed by atoms with E-state index in [0.29, 0.717) is 19.0 Å². The fraction of sp³-hybridized carbons (Fsp3) is 0.188. The van der Waals surface area contributed by atoms with Gasteiger partial charge in [-0.15, -0.1) is 5.10 Å². The van der Waals surface area contributed by atoms with Gasteiger partial charge in [0.25, 0.3) is 0 Å². The SMILES string of the molecule is O=S1N(c2ccccc2)N=C2COC[C@@H](c3ccccc3)N21. The summed E-state index contributed by atoms with van der Waals surface area (Å²) >= 11 is -1.38. The van der Waals surface area contributed by atoms with Crippen molar-refractivity contribution in [1.29, 1.82) is 0 Å². The highest BCUT2D eigenvalue weighted by molar-refractivity contribution is 7.85. The minimum absolute atomic E-state index is 0.0803. The summed E-state index contributed by atoms with van der Waals surface area (Å²) in [6, 6.07) is 19.5. The van der Waals surface area contributed by atoms with Gasteiger partial charge in [0.2, 0.25) is 11.2 Å². The minimum Gasteiger partial charge on any atom is -0.371 e. The van der Waals surface area contributed by atoms with Crippen LogP contribution in [0.2, 0.25) is 0 Å². The molecule has 0 N–H and O–H groups in total. The maximum atomic E-state index is 12.9. The second-order valence-corrected chi connectivity index (χ2v) is 6.32. The van der Waals surface area contributed by atoms with Crippen LogP contribution in [-0.4, -0.2) is 27.6 Å². The molecule has 22 heavy (non-hydrogen) atoms. The molecule has 112 valence electrons. The van der Waals surface area contributed by atoms with Gasteiger partial charge < -0.3 is 4.74 Å². The molecule has 0 aliphatic carbocycles. The van der Waals surface area contributed by atoms with Gasteiger partial charge in [0.1, 0.15) is 6.61 Å². The van der Waals surface area contributed by atoms with Crippen molar-refractivity contribution in [3.63, 3.8) is 0 Å². The molecule has 0 aromatic heterocycles. The Balaban J connectivity index is 1.69. The molecule has 1 saturated heterocycles. The van der Waals surface area contributed by atoms with Crippen LogP contribution in [0.5, 0.6) is 0 Å². The molecule has 2 aromatic carbocycles. The number of hydrogen-bond acceptors (Lipinski definition) is 3. The van der Waals surface area contributed by atoms with Gasteiger partial charge in [0.05, 0.1) is 18.3 Å². The molecule has 2 aliphatic heterocycles. The molecule has 5 nitrogen and oxygen atoms in total. The molecule has 0 radical (unpaired) electrons. The molecule has 0 spiro atoms. The Labute approximate surface area is 131 Å². The lowest BCUT2D eigenvalue weighted by Crippen LogP contribution is -2.43. The summed E-state index contributed by atoms with van der Waals surface area (Å²) < 4.78 is 22.0. The summed E-state index contributed by atoms with van der Waals surface area (Å²) in [7, 11) is 0. The highest BCUT2D eigenvalue weighted by atomic mass is 32.2. The summed E-state index contributed by atoms with van der Waals surface area (Å²) in [5, 5.41) is 4.49. The monoisotopic (exact) mass is 313 g/mol. The average Bonchev–Trinajstić information content (AvgIpc) is 2.94. The first-order valence-corrected chi connectivity index (χ1v) is 8.17. The summed E-state index contributed by atoms with van der Waals surface area (Å²) in [5.74, 6) is 0.710. The minimum atomic E-state index is -1.38. The predicted octanol–water partition coefficient (Wildman–Crippen LogP) is 2.47. The van der Waals surface area contributed by atoms with E-state index in [4.69, 9.17) is 4.74 Å². The standard InChI is InChI=1S/C16H15N3O2S/c20-22-18-15(13-7-3-1-4-8-13)11-21-12-16(18)17-19(22)14-9-5-2-6-10-14/h1-10,15H,11-12H2/t15-,22?/m0/s1. The number of hydrazone groups is 1. The Morgan fingerprint density at radius 1 is 1.05 bits per heavy atom. The van der Waals surface area contributed by atoms with Crippen molar-refractivity contribution in [3.8, 4) is 0 Å². The van der Waals surface area contributed by atoms with Gasteiger partial charge in [0, 0.05) is 0 Å². The third-order valence-corrected chi connectivity index (χ3v) is 5.12. The molecule has 0 saturated carbocycles. The van der Waals surface area contributed by atoms with Crippen LogP contribution in [-0.2, 0) is 15.9 Å². The number of fused-ring (bicyclic) bond motifs is 1. The van der Waals surface area contributed by atoms with Gasteiger partial charge in [0.15, 0.2) is 5.84 Å². The lowest BCUT2D eigenvalue weighted by molar-refractivity contribution is 0.102. The van der Waals surface area contributed by atoms with Crippen molar-refractivity contribution in [2.75, 3.05) is 17.6 Å². The van der Waals surface area contributed by atoms with Crippen molar-refractivity contribution in [2.45, 2.75) is 6.04 Å². The molecule has 2 aromatic rings.